The number of carbonyl (C=O) groups excluding carboxylic acids is 1. The highest BCUT2D eigenvalue weighted by molar-refractivity contribution is 7.22. The third kappa shape index (κ3) is 3.02. The molecule has 24 heavy (non-hydrogen) atoms. The van der Waals surface area contributed by atoms with Crippen LogP contribution < -0.4 is 14.8 Å². The van der Waals surface area contributed by atoms with Gasteiger partial charge in [0.1, 0.15) is 11.5 Å². The maximum atomic E-state index is 12.6. The van der Waals surface area contributed by atoms with Gasteiger partial charge in [-0.25, -0.2) is 4.98 Å². The molecule has 0 fully saturated rings. The van der Waals surface area contributed by atoms with Crippen LogP contribution in [0.2, 0.25) is 5.02 Å². The molecule has 0 radical (unpaired) electrons. The van der Waals surface area contributed by atoms with Crippen molar-refractivity contribution in [3.63, 3.8) is 0 Å². The number of aryl methyl sites for hydroxylation is 1. The van der Waals surface area contributed by atoms with E-state index in [9.17, 15) is 4.79 Å². The number of rotatable bonds is 4. The number of hydrogen-bond donors (Lipinski definition) is 1. The lowest BCUT2D eigenvalue weighted by molar-refractivity contribution is 0.102. The minimum absolute atomic E-state index is 0.312. The van der Waals surface area contributed by atoms with Crippen molar-refractivity contribution in [2.75, 3.05) is 19.5 Å². The van der Waals surface area contributed by atoms with Crippen LogP contribution >= 0.6 is 22.9 Å². The maximum absolute atomic E-state index is 12.6. The minimum Gasteiger partial charge on any atom is -0.497 e. The van der Waals surface area contributed by atoms with E-state index in [-0.39, 0.29) is 5.91 Å². The molecule has 0 bridgehead atoms. The predicted molar refractivity (Wildman–Crippen MR) is 96.9 cm³/mol. The van der Waals surface area contributed by atoms with Gasteiger partial charge in [-0.2, -0.15) is 0 Å². The van der Waals surface area contributed by atoms with Gasteiger partial charge in [0.25, 0.3) is 5.91 Å². The van der Waals surface area contributed by atoms with E-state index in [4.69, 9.17) is 21.1 Å². The highest BCUT2D eigenvalue weighted by Crippen LogP contribution is 2.32. The van der Waals surface area contributed by atoms with Crippen molar-refractivity contribution < 1.29 is 14.3 Å². The smallest absolute Gasteiger partial charge is 0.261 e. The Morgan fingerprint density at radius 2 is 2.00 bits per heavy atom. The molecular weight excluding hydrogens is 348 g/mol. The summed E-state index contributed by atoms with van der Waals surface area (Å²) in [5, 5.41) is 3.97. The highest BCUT2D eigenvalue weighted by atomic mass is 35.5. The summed E-state index contributed by atoms with van der Waals surface area (Å²) in [5.41, 5.74) is 2.07. The predicted octanol–water partition coefficient (Wildman–Crippen LogP) is 4.53. The monoisotopic (exact) mass is 362 g/mol. The van der Waals surface area contributed by atoms with Gasteiger partial charge in [0.2, 0.25) is 0 Å². The topological polar surface area (TPSA) is 60.5 Å². The van der Waals surface area contributed by atoms with E-state index in [1.54, 1.807) is 25.3 Å². The first-order chi connectivity index (χ1) is 11.5. The molecule has 0 unspecified atom stereocenters. The van der Waals surface area contributed by atoms with Crippen molar-refractivity contribution in [1.82, 2.24) is 4.98 Å². The second-order valence-corrected chi connectivity index (χ2v) is 6.50. The molecule has 1 heterocycles. The standard InChI is InChI=1S/C17H15ClN2O3S/c1-9-12(18)5-7-14-15(9)19-17(24-14)20-16(21)11-8-10(22-2)4-6-13(11)23-3/h4-8H,1-3H3,(H,19,20,21). The minimum atomic E-state index is -0.312. The number of amides is 1. The van der Waals surface area contributed by atoms with E-state index in [0.717, 1.165) is 15.8 Å². The van der Waals surface area contributed by atoms with Gasteiger partial charge in [0, 0.05) is 5.02 Å². The lowest BCUT2D eigenvalue weighted by atomic mass is 10.1. The van der Waals surface area contributed by atoms with Gasteiger partial charge in [-0.3, -0.25) is 10.1 Å². The molecule has 0 aliphatic heterocycles. The Hall–Kier alpha value is -2.31. The zero-order valence-corrected chi connectivity index (χ0v) is 14.9. The van der Waals surface area contributed by atoms with Crippen LogP contribution in [-0.2, 0) is 0 Å². The second-order valence-electron chi connectivity index (χ2n) is 5.06. The molecule has 7 heteroatoms. The Morgan fingerprint density at radius 3 is 2.71 bits per heavy atom. The van der Waals surface area contributed by atoms with Crippen LogP contribution in [0.4, 0.5) is 5.13 Å². The second kappa shape index (κ2) is 6.67. The zero-order valence-electron chi connectivity index (χ0n) is 13.3. The fraction of sp³-hybridized carbons (Fsp3) is 0.176. The quantitative estimate of drug-likeness (QED) is 0.740. The molecule has 3 aromatic rings. The number of benzene rings is 2. The number of carbonyl (C=O) groups is 1. The number of ether oxygens (including phenoxy) is 2. The van der Waals surface area contributed by atoms with Crippen LogP contribution in [0.15, 0.2) is 30.3 Å². The van der Waals surface area contributed by atoms with E-state index in [1.807, 2.05) is 19.1 Å². The van der Waals surface area contributed by atoms with Gasteiger partial charge in [-0.15, -0.1) is 0 Å². The summed E-state index contributed by atoms with van der Waals surface area (Å²) in [6.07, 6.45) is 0. The molecule has 124 valence electrons. The Labute approximate surface area is 148 Å². The van der Waals surface area contributed by atoms with Gasteiger partial charge >= 0.3 is 0 Å². The van der Waals surface area contributed by atoms with Crippen molar-refractivity contribution in [2.24, 2.45) is 0 Å². The molecule has 0 atom stereocenters. The zero-order chi connectivity index (χ0) is 17.3. The Bertz CT molecular complexity index is 924. The van der Waals surface area contributed by atoms with Crippen LogP contribution in [0.1, 0.15) is 15.9 Å². The summed E-state index contributed by atoms with van der Waals surface area (Å²) in [5.74, 6) is 0.732. The van der Waals surface area contributed by atoms with Crippen LogP contribution in [0.5, 0.6) is 11.5 Å². The molecule has 1 N–H and O–H groups in total. The Balaban J connectivity index is 1.94. The van der Waals surface area contributed by atoms with Crippen LogP contribution in [0, 0.1) is 6.92 Å². The maximum Gasteiger partial charge on any atom is 0.261 e. The Morgan fingerprint density at radius 1 is 1.21 bits per heavy atom. The number of halogens is 1. The summed E-state index contributed by atoms with van der Waals surface area (Å²) in [6.45, 7) is 1.90. The lowest BCUT2D eigenvalue weighted by Gasteiger charge is -2.09. The number of methoxy groups -OCH3 is 2. The van der Waals surface area contributed by atoms with Crippen LogP contribution in [-0.4, -0.2) is 25.1 Å². The number of anilines is 1. The first-order valence-electron chi connectivity index (χ1n) is 7.12. The molecule has 5 nitrogen and oxygen atoms in total. The number of hydrogen-bond acceptors (Lipinski definition) is 5. The summed E-state index contributed by atoms with van der Waals surface area (Å²) in [6, 6.07) is 8.77. The number of nitrogens with zero attached hydrogens (tertiary/aromatic N) is 1. The van der Waals surface area contributed by atoms with Gasteiger partial charge in [-0.1, -0.05) is 22.9 Å². The molecule has 0 aliphatic carbocycles. The van der Waals surface area contributed by atoms with Crippen molar-refractivity contribution in [2.45, 2.75) is 6.92 Å². The Kier molecular flexibility index (Phi) is 4.59. The van der Waals surface area contributed by atoms with E-state index < -0.39 is 0 Å². The lowest BCUT2D eigenvalue weighted by Crippen LogP contribution is -2.13. The summed E-state index contributed by atoms with van der Waals surface area (Å²) < 4.78 is 11.4. The van der Waals surface area contributed by atoms with Gasteiger partial charge in [0.15, 0.2) is 5.13 Å². The van der Waals surface area contributed by atoms with Crippen molar-refractivity contribution >= 4 is 44.2 Å². The number of nitrogens with one attached hydrogen (secondary N) is 1. The molecule has 2 aromatic carbocycles. The number of fused-ring (bicyclic) bond motifs is 1. The van der Waals surface area contributed by atoms with E-state index in [1.165, 1.54) is 18.4 Å². The average Bonchev–Trinajstić information content (AvgIpc) is 3.01. The van der Waals surface area contributed by atoms with Crippen LogP contribution in [0.25, 0.3) is 10.2 Å². The first kappa shape index (κ1) is 16.5. The number of aromatic nitrogens is 1. The molecule has 1 aromatic heterocycles. The summed E-state index contributed by atoms with van der Waals surface area (Å²) >= 11 is 7.51. The fourth-order valence-corrected chi connectivity index (χ4v) is 3.38. The van der Waals surface area contributed by atoms with Crippen molar-refractivity contribution in [3.05, 3.63) is 46.5 Å². The summed E-state index contributed by atoms with van der Waals surface area (Å²) in [4.78, 5) is 17.1. The molecule has 0 spiro atoms. The molecule has 1 amide bonds. The molecule has 3 rings (SSSR count). The van der Waals surface area contributed by atoms with E-state index >= 15 is 0 Å². The van der Waals surface area contributed by atoms with Gasteiger partial charge < -0.3 is 9.47 Å². The highest BCUT2D eigenvalue weighted by Gasteiger charge is 2.16. The summed E-state index contributed by atoms with van der Waals surface area (Å²) in [7, 11) is 3.06. The third-order valence-electron chi connectivity index (χ3n) is 3.62. The molecule has 0 saturated heterocycles. The average molecular weight is 363 g/mol. The van der Waals surface area contributed by atoms with Gasteiger partial charge in [0.05, 0.1) is 30.0 Å². The van der Waals surface area contributed by atoms with Crippen LogP contribution in [0.3, 0.4) is 0 Å². The number of thiazole rings is 1. The van der Waals surface area contributed by atoms with Crippen molar-refractivity contribution in [1.29, 1.82) is 0 Å². The van der Waals surface area contributed by atoms with Gasteiger partial charge in [-0.05, 0) is 42.8 Å². The molecule has 0 saturated carbocycles. The fourth-order valence-electron chi connectivity index (χ4n) is 2.31. The first-order valence-corrected chi connectivity index (χ1v) is 8.32. The molecule has 0 aliphatic rings. The largest absolute Gasteiger partial charge is 0.497 e. The van der Waals surface area contributed by atoms with E-state index in [2.05, 4.69) is 10.3 Å². The normalized spacial score (nSPS) is 10.7. The third-order valence-corrected chi connectivity index (χ3v) is 4.97. The van der Waals surface area contributed by atoms with E-state index in [0.29, 0.717) is 27.2 Å². The van der Waals surface area contributed by atoms with Crippen molar-refractivity contribution in [3.8, 4) is 11.5 Å². The molecular formula is C17H15ClN2O3S. The SMILES string of the molecule is COc1ccc(OC)c(C(=O)Nc2nc3c(C)c(Cl)ccc3s2)c1.